The molecule has 0 saturated carbocycles. The molecule has 1 atom stereocenters. The number of benzene rings is 1. The van der Waals surface area contributed by atoms with E-state index in [1.807, 2.05) is 44.3 Å². The molecule has 2 aliphatic heterocycles. The van der Waals surface area contributed by atoms with Gasteiger partial charge in [-0.1, -0.05) is 12.1 Å². The first kappa shape index (κ1) is 24.3. The number of anilines is 5. The summed E-state index contributed by atoms with van der Waals surface area (Å²) >= 11 is 0. The lowest BCUT2D eigenvalue weighted by Gasteiger charge is -2.31. The van der Waals surface area contributed by atoms with Gasteiger partial charge in [0.2, 0.25) is 5.95 Å². The minimum absolute atomic E-state index is 0.220. The topological polar surface area (TPSA) is 126 Å². The van der Waals surface area contributed by atoms with Gasteiger partial charge in [-0.15, -0.1) is 0 Å². The number of nitrogens with one attached hydrogen (secondary N) is 3. The average Bonchev–Trinajstić information content (AvgIpc) is 3.58. The number of aromatic nitrogens is 6. The van der Waals surface area contributed by atoms with Crippen molar-refractivity contribution in [2.24, 2.45) is 0 Å². The predicted octanol–water partition coefficient (Wildman–Crippen LogP) is 4.59. The van der Waals surface area contributed by atoms with Gasteiger partial charge >= 0.3 is 0 Å². The van der Waals surface area contributed by atoms with Crippen LogP contribution in [0.2, 0.25) is 0 Å². The molecule has 5 aromatic rings. The van der Waals surface area contributed by atoms with Crippen LogP contribution < -0.4 is 21.1 Å². The quantitative estimate of drug-likeness (QED) is 0.296. The summed E-state index contributed by atoms with van der Waals surface area (Å²) in [5, 5.41) is 12.0. The van der Waals surface area contributed by atoms with Gasteiger partial charge in [-0.2, -0.15) is 5.10 Å². The molecule has 7 rings (SSSR count). The van der Waals surface area contributed by atoms with Crippen LogP contribution in [0, 0.1) is 13.8 Å². The van der Waals surface area contributed by atoms with E-state index in [1.165, 1.54) is 5.69 Å². The molecule has 0 amide bonds. The number of fused-ring (bicyclic) bond motifs is 4. The van der Waals surface area contributed by atoms with Gasteiger partial charge in [0.25, 0.3) is 5.56 Å². The highest BCUT2D eigenvalue weighted by Gasteiger charge is 2.30. The van der Waals surface area contributed by atoms with Crippen molar-refractivity contribution in [1.29, 1.82) is 0 Å². The van der Waals surface area contributed by atoms with E-state index < -0.39 is 0 Å². The van der Waals surface area contributed by atoms with Crippen LogP contribution >= 0.6 is 0 Å². The number of hydrogen-bond donors (Lipinski definition) is 3. The Morgan fingerprint density at radius 3 is 2.67 bits per heavy atom. The third-order valence-corrected chi connectivity index (χ3v) is 7.47. The standard InChI is InChI=1S/C29H29N9O2/c1-16-11-17(2)33-29(32-16)36-25-12-23(26-21(35-25)7-9-30-28(26)39)34-22-6-4-5-19-20-13-31-38(18-8-10-40-15-18)24(20)14-37(3)27(19)22/h4-7,9,11-13,18H,8,10,14-15H2,1-3H3,(H,30,39)(H2,32,33,34,35,36)/t18-/m0/s1. The van der Waals surface area contributed by atoms with E-state index in [1.54, 1.807) is 12.3 Å². The van der Waals surface area contributed by atoms with E-state index in [0.29, 0.717) is 41.5 Å². The first-order valence-corrected chi connectivity index (χ1v) is 13.3. The fraction of sp³-hybridized carbons (Fsp3) is 0.276. The van der Waals surface area contributed by atoms with E-state index in [0.717, 1.165) is 46.9 Å². The molecule has 1 fully saturated rings. The number of ether oxygens (including phenoxy) is 1. The van der Waals surface area contributed by atoms with Crippen LogP contribution in [0.5, 0.6) is 0 Å². The van der Waals surface area contributed by atoms with Crippen molar-refractivity contribution < 1.29 is 4.74 Å². The SMILES string of the molecule is Cc1cc(C)nc(Nc2cc(Nc3cccc4c3N(C)Cc3c-4cnn3[C@H]3CCOC3)c3c(=O)[nH]ccc3n2)n1. The Hall–Kier alpha value is -4.77. The fourth-order valence-electron chi connectivity index (χ4n) is 5.77. The summed E-state index contributed by atoms with van der Waals surface area (Å²) < 4.78 is 7.76. The highest BCUT2D eigenvalue weighted by molar-refractivity contribution is 5.98. The number of aryl methyl sites for hydroxylation is 2. The molecule has 0 aliphatic carbocycles. The van der Waals surface area contributed by atoms with Crippen molar-refractivity contribution >= 4 is 39.7 Å². The molecule has 0 unspecified atom stereocenters. The van der Waals surface area contributed by atoms with Crippen LogP contribution in [0.25, 0.3) is 22.0 Å². The number of aromatic amines is 1. The zero-order valence-corrected chi connectivity index (χ0v) is 22.5. The molecular weight excluding hydrogens is 506 g/mol. The Bertz CT molecular complexity index is 1800. The van der Waals surface area contributed by atoms with Crippen LogP contribution in [0.4, 0.5) is 28.8 Å². The smallest absolute Gasteiger partial charge is 0.259 e. The summed E-state index contributed by atoms with van der Waals surface area (Å²) in [5.74, 6) is 0.986. The molecule has 0 spiro atoms. The first-order valence-electron chi connectivity index (χ1n) is 13.3. The monoisotopic (exact) mass is 535 g/mol. The summed E-state index contributed by atoms with van der Waals surface area (Å²) in [5.41, 5.74) is 8.00. The van der Waals surface area contributed by atoms with Gasteiger partial charge in [-0.3, -0.25) is 9.48 Å². The van der Waals surface area contributed by atoms with E-state index in [9.17, 15) is 4.79 Å². The van der Waals surface area contributed by atoms with Gasteiger partial charge in [0.05, 0.1) is 59.0 Å². The molecule has 11 nitrogen and oxygen atoms in total. The Kier molecular flexibility index (Phi) is 5.74. The number of H-pyrrole nitrogens is 1. The number of hydrogen-bond acceptors (Lipinski definition) is 9. The Morgan fingerprint density at radius 2 is 1.88 bits per heavy atom. The third kappa shape index (κ3) is 4.15. The van der Waals surface area contributed by atoms with Gasteiger partial charge in [-0.25, -0.2) is 15.0 Å². The van der Waals surface area contributed by atoms with Crippen LogP contribution in [0.1, 0.15) is 29.5 Å². The molecule has 11 heteroatoms. The lowest BCUT2D eigenvalue weighted by molar-refractivity contribution is 0.184. The Labute approximate surface area is 230 Å². The summed E-state index contributed by atoms with van der Waals surface area (Å²) in [6, 6.07) is 12.0. The number of rotatable bonds is 5. The van der Waals surface area contributed by atoms with Gasteiger partial charge in [-0.05, 0) is 38.5 Å². The molecule has 6 heterocycles. The van der Waals surface area contributed by atoms with Crippen molar-refractivity contribution in [2.45, 2.75) is 32.9 Å². The zero-order chi connectivity index (χ0) is 27.4. The van der Waals surface area contributed by atoms with Gasteiger partial charge in [0, 0.05) is 48.4 Å². The second-order valence-corrected chi connectivity index (χ2v) is 10.4. The lowest BCUT2D eigenvalue weighted by Crippen LogP contribution is -2.26. The largest absolute Gasteiger partial charge is 0.379 e. The van der Waals surface area contributed by atoms with E-state index in [2.05, 4.69) is 53.3 Å². The second-order valence-electron chi connectivity index (χ2n) is 10.4. The average molecular weight is 536 g/mol. The highest BCUT2D eigenvalue weighted by Crippen LogP contribution is 2.45. The molecular formula is C29H29N9O2. The van der Waals surface area contributed by atoms with Crippen LogP contribution in [0.15, 0.2) is 53.6 Å². The van der Waals surface area contributed by atoms with Crippen molar-refractivity contribution in [2.75, 3.05) is 35.8 Å². The highest BCUT2D eigenvalue weighted by atomic mass is 16.5. The van der Waals surface area contributed by atoms with E-state index in [-0.39, 0.29) is 11.6 Å². The van der Waals surface area contributed by atoms with Crippen LogP contribution in [-0.4, -0.2) is 50.0 Å². The Morgan fingerprint density at radius 1 is 1.02 bits per heavy atom. The van der Waals surface area contributed by atoms with Gasteiger partial charge in [0.15, 0.2) is 0 Å². The molecule has 1 aromatic carbocycles. The summed E-state index contributed by atoms with van der Waals surface area (Å²) in [4.78, 5) is 31.7. The number of pyridine rings is 2. The van der Waals surface area contributed by atoms with Crippen LogP contribution in [-0.2, 0) is 11.3 Å². The first-order chi connectivity index (χ1) is 19.4. The fourth-order valence-corrected chi connectivity index (χ4v) is 5.77. The molecule has 3 N–H and O–H groups in total. The zero-order valence-electron chi connectivity index (χ0n) is 22.5. The van der Waals surface area contributed by atoms with Crippen molar-refractivity contribution in [1.82, 2.24) is 29.7 Å². The number of nitrogens with zero attached hydrogens (tertiary/aromatic N) is 6. The van der Waals surface area contributed by atoms with Gasteiger partial charge < -0.3 is 25.3 Å². The predicted molar refractivity (Wildman–Crippen MR) is 155 cm³/mol. The second kappa shape index (κ2) is 9.45. The van der Waals surface area contributed by atoms with Gasteiger partial charge in [0.1, 0.15) is 5.82 Å². The molecule has 0 bridgehead atoms. The molecule has 0 radical (unpaired) electrons. The summed E-state index contributed by atoms with van der Waals surface area (Å²) in [6.45, 7) is 6.02. The van der Waals surface area contributed by atoms with E-state index >= 15 is 0 Å². The number of para-hydroxylation sites is 1. The van der Waals surface area contributed by atoms with Crippen molar-refractivity contribution in [3.05, 3.63) is 76.2 Å². The maximum absolute atomic E-state index is 13.0. The minimum Gasteiger partial charge on any atom is -0.379 e. The van der Waals surface area contributed by atoms with E-state index in [4.69, 9.17) is 9.84 Å². The molecule has 1 saturated heterocycles. The maximum Gasteiger partial charge on any atom is 0.259 e. The minimum atomic E-state index is -0.220. The molecule has 40 heavy (non-hydrogen) atoms. The molecule has 2 aliphatic rings. The Balaban J connectivity index is 1.31. The molecule has 4 aromatic heterocycles. The summed E-state index contributed by atoms with van der Waals surface area (Å²) in [6.07, 6.45) is 4.53. The third-order valence-electron chi connectivity index (χ3n) is 7.47. The van der Waals surface area contributed by atoms with Crippen molar-refractivity contribution in [3.63, 3.8) is 0 Å². The summed E-state index contributed by atoms with van der Waals surface area (Å²) in [7, 11) is 2.08. The normalized spacial score (nSPS) is 16.2. The van der Waals surface area contributed by atoms with Crippen LogP contribution in [0.3, 0.4) is 0 Å². The molecule has 202 valence electrons. The lowest BCUT2D eigenvalue weighted by atomic mass is 9.97. The maximum atomic E-state index is 13.0. The van der Waals surface area contributed by atoms with Crippen molar-refractivity contribution in [3.8, 4) is 11.1 Å².